The van der Waals surface area contributed by atoms with Crippen molar-refractivity contribution in [2.75, 3.05) is 0 Å². The number of hydrogen-bond acceptors (Lipinski definition) is 6. The van der Waals surface area contributed by atoms with E-state index in [1.54, 1.807) is 23.3 Å². The molecule has 5 rings (SSSR count). The minimum Gasteiger partial charge on any atom is -0.460 e. The summed E-state index contributed by atoms with van der Waals surface area (Å²) in [5.74, 6) is 1.07. The van der Waals surface area contributed by atoms with Crippen LogP contribution in [0.25, 0.3) is 28.4 Å². The van der Waals surface area contributed by atoms with E-state index >= 15 is 0 Å². The van der Waals surface area contributed by atoms with Gasteiger partial charge in [-0.2, -0.15) is 5.10 Å². The van der Waals surface area contributed by atoms with Crippen molar-refractivity contribution in [2.45, 2.75) is 13.5 Å². The largest absolute Gasteiger partial charge is 0.460 e. The third kappa shape index (κ3) is 4.08. The number of rotatable bonds is 6. The fourth-order valence-corrected chi connectivity index (χ4v) is 4.04. The molecule has 0 aliphatic heterocycles. The van der Waals surface area contributed by atoms with Gasteiger partial charge in [-0.25, -0.2) is 9.67 Å². The fourth-order valence-electron chi connectivity index (χ4n) is 3.30. The number of benzene rings is 1. The van der Waals surface area contributed by atoms with Gasteiger partial charge in [-0.1, -0.05) is 18.2 Å². The Morgan fingerprint density at radius 1 is 1.09 bits per heavy atom. The van der Waals surface area contributed by atoms with Gasteiger partial charge in [-0.05, 0) is 43.3 Å². The van der Waals surface area contributed by atoms with Crippen molar-refractivity contribution in [3.05, 3.63) is 94.9 Å². The van der Waals surface area contributed by atoms with Gasteiger partial charge in [0.1, 0.15) is 16.5 Å². The van der Waals surface area contributed by atoms with Crippen molar-refractivity contribution < 1.29 is 9.21 Å². The first-order valence-corrected chi connectivity index (χ1v) is 10.9. The number of carbonyl (C=O) groups excluding carboxylic acids is 1. The summed E-state index contributed by atoms with van der Waals surface area (Å²) >= 11 is 1.50. The minimum absolute atomic E-state index is 0.239. The second-order valence-electron chi connectivity index (χ2n) is 7.13. The van der Waals surface area contributed by atoms with Gasteiger partial charge in [0.25, 0.3) is 5.91 Å². The lowest BCUT2D eigenvalue weighted by Crippen LogP contribution is -2.22. The molecule has 0 bridgehead atoms. The lowest BCUT2D eigenvalue weighted by molar-refractivity contribution is 0.0951. The van der Waals surface area contributed by atoms with E-state index < -0.39 is 0 Å². The number of pyridine rings is 1. The molecular weight excluding hydrogens is 422 g/mol. The van der Waals surface area contributed by atoms with E-state index in [0.717, 1.165) is 27.7 Å². The van der Waals surface area contributed by atoms with Gasteiger partial charge in [0.2, 0.25) is 0 Å². The average molecular weight is 442 g/mol. The molecule has 0 radical (unpaired) electrons. The molecule has 158 valence electrons. The quantitative estimate of drug-likeness (QED) is 0.405. The maximum atomic E-state index is 13.1. The van der Waals surface area contributed by atoms with Crippen LogP contribution in [0.1, 0.15) is 21.1 Å². The average Bonchev–Trinajstić information content (AvgIpc) is 3.58. The normalized spacial score (nSPS) is 10.9. The molecule has 7 nitrogen and oxygen atoms in total. The first kappa shape index (κ1) is 19.9. The molecule has 0 unspecified atom stereocenters. The number of amides is 1. The highest BCUT2D eigenvalue weighted by Crippen LogP contribution is 2.26. The Hall–Kier alpha value is -4.04. The zero-order valence-corrected chi connectivity index (χ0v) is 18.0. The highest BCUT2D eigenvalue weighted by molar-refractivity contribution is 7.09. The molecule has 0 aliphatic carbocycles. The predicted molar refractivity (Wildman–Crippen MR) is 123 cm³/mol. The van der Waals surface area contributed by atoms with E-state index in [2.05, 4.69) is 20.4 Å². The Kier molecular flexibility index (Phi) is 5.35. The summed E-state index contributed by atoms with van der Waals surface area (Å²) in [5, 5.41) is 10.4. The molecule has 4 heterocycles. The van der Waals surface area contributed by atoms with Crippen LogP contribution < -0.4 is 5.32 Å². The topological polar surface area (TPSA) is 85.8 Å². The Balaban J connectivity index is 1.39. The molecule has 1 N–H and O–H groups in total. The molecule has 5 aromatic rings. The Morgan fingerprint density at radius 2 is 1.91 bits per heavy atom. The Morgan fingerprint density at radius 3 is 2.66 bits per heavy atom. The van der Waals surface area contributed by atoms with Crippen LogP contribution in [0.5, 0.6) is 0 Å². The van der Waals surface area contributed by atoms with Crippen LogP contribution in [0.15, 0.2) is 83.0 Å². The van der Waals surface area contributed by atoms with Crippen molar-refractivity contribution in [3.63, 3.8) is 0 Å². The monoisotopic (exact) mass is 441 g/mol. The molecule has 0 aliphatic rings. The highest BCUT2D eigenvalue weighted by Gasteiger charge is 2.21. The molecule has 0 atom stereocenters. The summed E-state index contributed by atoms with van der Waals surface area (Å²) in [6, 6.07) is 17.2. The number of para-hydroxylation sites is 1. The van der Waals surface area contributed by atoms with Crippen LogP contribution in [0, 0.1) is 6.92 Å². The van der Waals surface area contributed by atoms with Crippen LogP contribution in [0.2, 0.25) is 0 Å². The van der Waals surface area contributed by atoms with Crippen LogP contribution in [0.4, 0.5) is 0 Å². The molecule has 1 aromatic carbocycles. The van der Waals surface area contributed by atoms with Crippen LogP contribution in [0.3, 0.4) is 0 Å². The zero-order chi connectivity index (χ0) is 21.9. The first-order valence-electron chi connectivity index (χ1n) is 10.0. The molecule has 0 saturated heterocycles. The SMILES string of the molecule is Cc1ccc(-c2nn(-c3ccccc3)cc2C(=O)NCc2nc(-c3ccncc3)cs2)o1. The third-order valence-corrected chi connectivity index (χ3v) is 5.73. The van der Waals surface area contributed by atoms with Crippen molar-refractivity contribution in [1.82, 2.24) is 25.1 Å². The van der Waals surface area contributed by atoms with Gasteiger partial charge < -0.3 is 9.73 Å². The van der Waals surface area contributed by atoms with Crippen LogP contribution >= 0.6 is 11.3 Å². The van der Waals surface area contributed by atoms with Crippen molar-refractivity contribution in [3.8, 4) is 28.4 Å². The molecule has 1 amide bonds. The van der Waals surface area contributed by atoms with E-state index in [1.165, 1.54) is 11.3 Å². The van der Waals surface area contributed by atoms with Crippen molar-refractivity contribution in [1.29, 1.82) is 0 Å². The number of furan rings is 1. The highest BCUT2D eigenvalue weighted by atomic mass is 32.1. The summed E-state index contributed by atoms with van der Waals surface area (Å²) in [6.07, 6.45) is 5.19. The molecule has 4 aromatic heterocycles. The standard InChI is InChI=1S/C24H19N5O2S/c1-16-7-8-21(31-16)23-19(14-29(28-23)18-5-3-2-4-6-18)24(30)26-13-22-27-20(15-32-22)17-9-11-25-12-10-17/h2-12,14-15H,13H2,1H3,(H,26,30). The van der Waals surface area contributed by atoms with Crippen LogP contribution in [-0.4, -0.2) is 25.7 Å². The molecule has 8 heteroatoms. The number of nitrogens with one attached hydrogen (secondary N) is 1. The summed E-state index contributed by atoms with van der Waals surface area (Å²) in [6.45, 7) is 2.18. The summed E-state index contributed by atoms with van der Waals surface area (Å²) in [4.78, 5) is 21.8. The second kappa shape index (κ2) is 8.60. The Labute approximate surface area is 188 Å². The third-order valence-electron chi connectivity index (χ3n) is 4.88. The molecular formula is C24H19N5O2S. The number of aromatic nitrogens is 4. The summed E-state index contributed by atoms with van der Waals surface area (Å²) < 4.78 is 7.44. The van der Waals surface area contributed by atoms with E-state index in [1.807, 2.05) is 66.9 Å². The van der Waals surface area contributed by atoms with E-state index in [0.29, 0.717) is 23.6 Å². The maximum Gasteiger partial charge on any atom is 0.255 e. The maximum absolute atomic E-state index is 13.1. The molecule has 0 spiro atoms. The minimum atomic E-state index is -0.239. The number of hydrogen-bond donors (Lipinski definition) is 1. The van der Waals surface area contributed by atoms with E-state index in [4.69, 9.17) is 4.42 Å². The zero-order valence-electron chi connectivity index (χ0n) is 17.2. The summed E-state index contributed by atoms with van der Waals surface area (Å²) in [5.41, 5.74) is 3.65. The second-order valence-corrected chi connectivity index (χ2v) is 8.07. The van der Waals surface area contributed by atoms with E-state index in [9.17, 15) is 4.79 Å². The number of thiazole rings is 1. The lowest BCUT2D eigenvalue weighted by atomic mass is 10.2. The van der Waals surface area contributed by atoms with Crippen LogP contribution in [-0.2, 0) is 6.54 Å². The molecule has 32 heavy (non-hydrogen) atoms. The predicted octanol–water partition coefficient (Wildman–Crippen LogP) is 4.89. The van der Waals surface area contributed by atoms with Crippen molar-refractivity contribution >= 4 is 17.2 Å². The van der Waals surface area contributed by atoms with Gasteiger partial charge in [0, 0.05) is 29.5 Å². The van der Waals surface area contributed by atoms with Gasteiger partial charge in [-0.15, -0.1) is 11.3 Å². The number of nitrogens with zero attached hydrogens (tertiary/aromatic N) is 4. The van der Waals surface area contributed by atoms with Gasteiger partial charge in [0.05, 0.1) is 23.5 Å². The smallest absolute Gasteiger partial charge is 0.255 e. The Bertz CT molecular complexity index is 1360. The van der Waals surface area contributed by atoms with Crippen molar-refractivity contribution in [2.24, 2.45) is 0 Å². The number of carbonyl (C=O) groups is 1. The molecule has 0 saturated carbocycles. The first-order chi connectivity index (χ1) is 15.7. The van der Waals surface area contributed by atoms with E-state index in [-0.39, 0.29) is 5.91 Å². The van der Waals surface area contributed by atoms with Gasteiger partial charge in [0.15, 0.2) is 5.76 Å². The fraction of sp³-hybridized carbons (Fsp3) is 0.0833. The lowest BCUT2D eigenvalue weighted by Gasteiger charge is -2.02. The number of aryl methyl sites for hydroxylation is 1. The summed E-state index contributed by atoms with van der Waals surface area (Å²) in [7, 11) is 0. The molecule has 0 fully saturated rings. The van der Waals surface area contributed by atoms with Gasteiger partial charge >= 0.3 is 0 Å². The van der Waals surface area contributed by atoms with Gasteiger partial charge in [-0.3, -0.25) is 9.78 Å².